The normalized spacial score (nSPS) is 10.2. The van der Waals surface area contributed by atoms with Crippen molar-refractivity contribution in [3.05, 3.63) is 106 Å². The van der Waals surface area contributed by atoms with Gasteiger partial charge < -0.3 is 0 Å². The van der Waals surface area contributed by atoms with Crippen molar-refractivity contribution in [3.63, 3.8) is 0 Å². The van der Waals surface area contributed by atoms with Crippen LogP contribution < -0.4 is 0 Å². The van der Waals surface area contributed by atoms with E-state index in [2.05, 4.69) is 0 Å². The first kappa shape index (κ1) is 23.3. The molecule has 0 aliphatic heterocycles. The van der Waals surface area contributed by atoms with Gasteiger partial charge in [0.05, 0.1) is 0 Å². The number of carbonyl (C=O) groups excluding carboxylic acids is 4. The van der Waals surface area contributed by atoms with Gasteiger partial charge in [-0.25, -0.2) is 0 Å². The Balaban J connectivity index is 2.20. The zero-order valence-electron chi connectivity index (χ0n) is 17.0. The van der Waals surface area contributed by atoms with Gasteiger partial charge in [0.25, 0.3) is 0 Å². The van der Waals surface area contributed by atoms with Gasteiger partial charge in [0.1, 0.15) is 0 Å². The SMILES string of the molecule is N#Cc1ccc([C](=O)[Sn]([CH]=O)([C](=O)c2ccc(C#N)cc2)[C](=O)c2ccc(C#N)cc2)cc1. The minimum atomic E-state index is -5.75. The molecule has 0 aliphatic rings. The summed E-state index contributed by atoms with van der Waals surface area (Å²) in [7, 11) is 0. The van der Waals surface area contributed by atoms with E-state index in [9.17, 15) is 19.2 Å². The van der Waals surface area contributed by atoms with Gasteiger partial charge in [-0.1, -0.05) is 0 Å². The van der Waals surface area contributed by atoms with E-state index < -0.39 is 29.8 Å². The van der Waals surface area contributed by atoms with Crippen molar-refractivity contribution in [1.29, 1.82) is 15.8 Å². The Bertz CT molecular complexity index is 1220. The van der Waals surface area contributed by atoms with Crippen LogP contribution in [0.25, 0.3) is 0 Å². The Morgan fingerprint density at radius 1 is 0.545 bits per heavy atom. The standard InChI is InChI=1S/3C8H4NO.CHO.Sn/c3*9-5-7-1-3-8(6-10)4-2-7;1-2;/h3*1-4H;1H;. The van der Waals surface area contributed by atoms with Crippen LogP contribution in [-0.4, -0.2) is 34.1 Å². The number of nitrogens with zero attached hydrogens (tertiary/aromatic N) is 3. The van der Waals surface area contributed by atoms with Crippen LogP contribution in [-0.2, 0) is 4.79 Å². The third kappa shape index (κ3) is 4.34. The van der Waals surface area contributed by atoms with Crippen molar-refractivity contribution in [2.45, 2.75) is 0 Å². The van der Waals surface area contributed by atoms with E-state index in [1.807, 2.05) is 18.2 Å². The Kier molecular flexibility index (Phi) is 6.93. The van der Waals surface area contributed by atoms with E-state index in [1.165, 1.54) is 72.8 Å². The molecule has 0 fully saturated rings. The first-order chi connectivity index (χ1) is 15.9. The first-order valence-corrected chi connectivity index (χ1v) is 15.5. The molecule has 8 heteroatoms. The van der Waals surface area contributed by atoms with Crippen LogP contribution in [0.4, 0.5) is 0 Å². The topological polar surface area (TPSA) is 140 Å². The third-order valence-corrected chi connectivity index (χ3v) is 14.7. The summed E-state index contributed by atoms with van der Waals surface area (Å²) in [5.74, 6) is 0. The van der Waals surface area contributed by atoms with Crippen molar-refractivity contribution in [2.24, 2.45) is 0 Å². The molecule has 156 valence electrons. The van der Waals surface area contributed by atoms with Crippen LogP contribution in [0.2, 0.25) is 0 Å². The molecule has 0 saturated carbocycles. The summed E-state index contributed by atoms with van der Waals surface area (Å²) in [6.45, 7) is 0. The van der Waals surface area contributed by atoms with Gasteiger partial charge in [-0.3, -0.25) is 0 Å². The fourth-order valence-electron chi connectivity index (χ4n) is 3.24. The van der Waals surface area contributed by atoms with Crippen molar-refractivity contribution in [1.82, 2.24) is 0 Å². The summed E-state index contributed by atoms with van der Waals surface area (Å²) < 4.78 is -2.29. The van der Waals surface area contributed by atoms with Gasteiger partial charge in [0, 0.05) is 0 Å². The minimum absolute atomic E-state index is 0.0131. The van der Waals surface area contributed by atoms with Gasteiger partial charge in [-0.2, -0.15) is 0 Å². The molecule has 0 unspecified atom stereocenters. The predicted octanol–water partition coefficient (Wildman–Crippen LogP) is 3.09. The Hall–Kier alpha value is -4.39. The molecule has 33 heavy (non-hydrogen) atoms. The van der Waals surface area contributed by atoms with Gasteiger partial charge in [0.2, 0.25) is 0 Å². The van der Waals surface area contributed by atoms with E-state index in [1.54, 1.807) is 0 Å². The molecule has 0 aliphatic carbocycles. The van der Waals surface area contributed by atoms with E-state index in [-0.39, 0.29) is 37.7 Å². The molecule has 3 rings (SSSR count). The van der Waals surface area contributed by atoms with E-state index >= 15 is 0 Å². The van der Waals surface area contributed by atoms with Crippen LogP contribution >= 0.6 is 0 Å². The first-order valence-electron chi connectivity index (χ1n) is 9.52. The Labute approximate surface area is 193 Å². The summed E-state index contributed by atoms with van der Waals surface area (Å²) in [6, 6.07) is 21.8. The van der Waals surface area contributed by atoms with Crippen LogP contribution in [0, 0.1) is 34.0 Å². The number of nitriles is 3. The molecule has 0 atom stereocenters. The van der Waals surface area contributed by atoms with E-state index in [0.29, 0.717) is 0 Å². The Morgan fingerprint density at radius 3 is 0.970 bits per heavy atom. The fraction of sp³-hybridized carbons (Fsp3) is 0. The fourth-order valence-corrected chi connectivity index (χ4v) is 11.2. The molecule has 0 radical (unpaired) electrons. The molecule has 0 spiro atoms. The molecule has 3 aromatic carbocycles. The second kappa shape index (κ2) is 9.82. The second-order valence-electron chi connectivity index (χ2n) is 6.98. The van der Waals surface area contributed by atoms with Gasteiger partial charge in [-0.15, -0.1) is 0 Å². The molecule has 3 aromatic rings. The maximum absolute atomic E-state index is 13.6. The molecule has 7 nitrogen and oxygen atoms in total. The number of hydrogen-bond donors (Lipinski definition) is 0. The molecule has 0 saturated heterocycles. The van der Waals surface area contributed by atoms with Crippen LogP contribution in [0.1, 0.15) is 47.8 Å². The molecular weight excluding hydrogens is 525 g/mol. The van der Waals surface area contributed by atoms with Crippen LogP contribution in [0.5, 0.6) is 0 Å². The summed E-state index contributed by atoms with van der Waals surface area (Å²) in [5, 5.41) is 27.0. The predicted molar refractivity (Wildman–Crippen MR) is 119 cm³/mol. The number of rotatable bonds is 7. The summed E-state index contributed by atoms with van der Waals surface area (Å²) in [6.07, 6.45) is 0. The average molecular weight is 538 g/mol. The second-order valence-corrected chi connectivity index (χ2v) is 16.2. The molecule has 0 N–H and O–H groups in total. The van der Waals surface area contributed by atoms with Crippen LogP contribution in [0.3, 0.4) is 0 Å². The summed E-state index contributed by atoms with van der Waals surface area (Å²) in [5.41, 5.74) is 0.781. The Morgan fingerprint density at radius 2 is 0.788 bits per heavy atom. The zero-order valence-corrected chi connectivity index (χ0v) is 19.8. The van der Waals surface area contributed by atoms with Gasteiger partial charge in [-0.05, 0) is 0 Å². The molecule has 0 aromatic heterocycles. The van der Waals surface area contributed by atoms with Crippen molar-refractivity contribution < 1.29 is 19.2 Å². The molecule has 0 amide bonds. The maximum atomic E-state index is 13.6. The van der Waals surface area contributed by atoms with Crippen LogP contribution in [0.15, 0.2) is 72.8 Å². The molecular formula is C25H13N3O4Sn. The van der Waals surface area contributed by atoms with E-state index in [4.69, 9.17) is 15.8 Å². The van der Waals surface area contributed by atoms with E-state index in [0.717, 1.165) is 0 Å². The number of benzene rings is 3. The molecule has 0 heterocycles. The van der Waals surface area contributed by atoms with Gasteiger partial charge in [0.15, 0.2) is 0 Å². The van der Waals surface area contributed by atoms with Gasteiger partial charge >= 0.3 is 193 Å². The summed E-state index contributed by atoms with van der Waals surface area (Å²) in [4.78, 5) is 53.3. The number of carbonyl (C=O) groups is 4. The number of hydrogen-bond acceptors (Lipinski definition) is 7. The summed E-state index contributed by atoms with van der Waals surface area (Å²) >= 11 is -5.75. The van der Waals surface area contributed by atoms with Crippen molar-refractivity contribution in [2.75, 3.05) is 0 Å². The monoisotopic (exact) mass is 539 g/mol. The molecule has 0 bridgehead atoms. The zero-order chi connectivity index (χ0) is 24.0. The average Bonchev–Trinajstić information content (AvgIpc) is 2.89. The quantitative estimate of drug-likeness (QED) is 0.333. The van der Waals surface area contributed by atoms with Crippen molar-refractivity contribution >= 4 is 34.1 Å². The third-order valence-electron chi connectivity index (χ3n) is 5.08. The van der Waals surface area contributed by atoms with Crippen molar-refractivity contribution in [3.8, 4) is 18.2 Å².